The molecule has 5 heteroatoms. The quantitative estimate of drug-likeness (QED) is 0.596. The van der Waals surface area contributed by atoms with Crippen molar-refractivity contribution in [2.24, 2.45) is 0 Å². The van der Waals surface area contributed by atoms with E-state index in [1.807, 2.05) is 0 Å². The van der Waals surface area contributed by atoms with Gasteiger partial charge in [0.1, 0.15) is 0 Å². The van der Waals surface area contributed by atoms with E-state index in [2.05, 4.69) is 16.0 Å². The molecule has 15 heavy (non-hydrogen) atoms. The van der Waals surface area contributed by atoms with E-state index in [1.165, 1.54) is 0 Å². The molecule has 0 radical (unpaired) electrons. The van der Waals surface area contributed by atoms with Crippen molar-refractivity contribution in [3.63, 3.8) is 0 Å². The second kappa shape index (κ2) is 5.32. The van der Waals surface area contributed by atoms with Crippen LogP contribution >= 0.6 is 0 Å². The molecule has 5 nitrogen and oxygen atoms in total. The molecular formula is C10H19N3O2. The van der Waals surface area contributed by atoms with E-state index in [4.69, 9.17) is 4.74 Å². The van der Waals surface area contributed by atoms with Crippen LogP contribution in [-0.4, -0.2) is 44.4 Å². The molecule has 0 bridgehead atoms. The molecule has 2 rings (SSSR count). The van der Waals surface area contributed by atoms with Gasteiger partial charge in [-0.3, -0.25) is 0 Å². The molecule has 1 unspecified atom stereocenters. The summed E-state index contributed by atoms with van der Waals surface area (Å²) in [5.74, 6) is 0. The summed E-state index contributed by atoms with van der Waals surface area (Å²) < 4.78 is 5.19. The minimum absolute atomic E-state index is 0.0563. The van der Waals surface area contributed by atoms with Gasteiger partial charge in [-0.05, 0) is 25.8 Å². The van der Waals surface area contributed by atoms with Crippen molar-refractivity contribution in [1.29, 1.82) is 0 Å². The zero-order valence-electron chi connectivity index (χ0n) is 8.92. The smallest absolute Gasteiger partial charge is 0.315 e. The van der Waals surface area contributed by atoms with Gasteiger partial charge in [-0.1, -0.05) is 0 Å². The first kappa shape index (κ1) is 10.7. The summed E-state index contributed by atoms with van der Waals surface area (Å²) in [6.07, 6.45) is 3.13. The fourth-order valence-electron chi connectivity index (χ4n) is 2.04. The van der Waals surface area contributed by atoms with Crippen LogP contribution in [0.3, 0.4) is 0 Å². The van der Waals surface area contributed by atoms with E-state index in [0.29, 0.717) is 6.61 Å². The van der Waals surface area contributed by atoms with Crippen molar-refractivity contribution >= 4 is 6.03 Å². The lowest BCUT2D eigenvalue weighted by Crippen LogP contribution is -2.51. The zero-order valence-corrected chi connectivity index (χ0v) is 8.92. The summed E-state index contributed by atoms with van der Waals surface area (Å²) >= 11 is 0. The van der Waals surface area contributed by atoms with Crippen molar-refractivity contribution < 1.29 is 9.53 Å². The molecule has 2 atom stereocenters. The highest BCUT2D eigenvalue weighted by atomic mass is 16.5. The summed E-state index contributed by atoms with van der Waals surface area (Å²) in [6, 6.07) is 0.418. The molecule has 3 N–H and O–H groups in total. The largest absolute Gasteiger partial charge is 0.379 e. The first-order valence-corrected chi connectivity index (χ1v) is 5.70. The molecule has 86 valence electrons. The predicted octanol–water partition coefficient (Wildman–Crippen LogP) is -0.173. The average Bonchev–Trinajstić information content (AvgIpc) is 2.71. The van der Waals surface area contributed by atoms with Crippen molar-refractivity contribution in [3.05, 3.63) is 0 Å². The zero-order chi connectivity index (χ0) is 10.5. The minimum atomic E-state index is -0.0563. The molecule has 0 aromatic rings. The highest BCUT2D eigenvalue weighted by Crippen LogP contribution is 2.04. The predicted molar refractivity (Wildman–Crippen MR) is 56.8 cm³/mol. The van der Waals surface area contributed by atoms with Crippen molar-refractivity contribution in [1.82, 2.24) is 16.0 Å². The summed E-state index contributed by atoms with van der Waals surface area (Å²) in [7, 11) is 0. The van der Waals surface area contributed by atoms with E-state index in [9.17, 15) is 4.79 Å². The van der Waals surface area contributed by atoms with Crippen LogP contribution in [0.2, 0.25) is 0 Å². The van der Waals surface area contributed by atoms with Crippen LogP contribution in [0.15, 0.2) is 0 Å². The maximum absolute atomic E-state index is 11.6. The molecular weight excluding hydrogens is 194 g/mol. The minimum Gasteiger partial charge on any atom is -0.379 e. The molecule has 2 aliphatic heterocycles. The summed E-state index contributed by atoms with van der Waals surface area (Å²) in [5.41, 5.74) is 0. The molecule has 0 spiro atoms. The van der Waals surface area contributed by atoms with Crippen molar-refractivity contribution in [3.8, 4) is 0 Å². The van der Waals surface area contributed by atoms with Crippen molar-refractivity contribution in [2.45, 2.75) is 31.3 Å². The third-order valence-corrected chi connectivity index (χ3v) is 2.90. The SMILES string of the molecule is O=C(NC1CCOC1)N[C@@H]1CCCNC1. The third kappa shape index (κ3) is 3.35. The van der Waals surface area contributed by atoms with Crippen LogP contribution in [0.1, 0.15) is 19.3 Å². The lowest BCUT2D eigenvalue weighted by Gasteiger charge is -2.24. The standard InChI is InChI=1S/C10H19N3O2/c14-10(13-9-3-5-15-7-9)12-8-2-1-4-11-6-8/h8-9,11H,1-7H2,(H2,12,13,14)/t8-,9?/m1/s1. The number of amides is 2. The Morgan fingerprint density at radius 2 is 2.13 bits per heavy atom. The van der Waals surface area contributed by atoms with Crippen LogP contribution in [0.5, 0.6) is 0 Å². The maximum Gasteiger partial charge on any atom is 0.315 e. The Kier molecular flexibility index (Phi) is 3.80. The maximum atomic E-state index is 11.6. The van der Waals surface area contributed by atoms with E-state index >= 15 is 0 Å². The summed E-state index contributed by atoms with van der Waals surface area (Å²) in [6.45, 7) is 3.36. The second-order valence-corrected chi connectivity index (χ2v) is 4.22. The van der Waals surface area contributed by atoms with Gasteiger partial charge >= 0.3 is 6.03 Å². The lowest BCUT2D eigenvalue weighted by atomic mass is 10.1. The number of urea groups is 1. The Labute approximate surface area is 89.9 Å². The van der Waals surface area contributed by atoms with E-state index in [-0.39, 0.29) is 18.1 Å². The van der Waals surface area contributed by atoms with E-state index in [1.54, 1.807) is 0 Å². The number of hydrogen-bond donors (Lipinski definition) is 3. The Morgan fingerprint density at radius 1 is 1.27 bits per heavy atom. The highest BCUT2D eigenvalue weighted by Gasteiger charge is 2.20. The monoisotopic (exact) mass is 213 g/mol. The van der Waals surface area contributed by atoms with Crippen LogP contribution < -0.4 is 16.0 Å². The Morgan fingerprint density at radius 3 is 2.80 bits per heavy atom. The van der Waals surface area contributed by atoms with Crippen LogP contribution in [0.25, 0.3) is 0 Å². The molecule has 0 aliphatic carbocycles. The Balaban J connectivity index is 1.66. The molecule has 0 aromatic heterocycles. The Hall–Kier alpha value is -0.810. The highest BCUT2D eigenvalue weighted by molar-refractivity contribution is 5.74. The van der Waals surface area contributed by atoms with Gasteiger partial charge in [0, 0.05) is 19.2 Å². The van der Waals surface area contributed by atoms with Gasteiger partial charge in [0.05, 0.1) is 12.6 Å². The van der Waals surface area contributed by atoms with Crippen LogP contribution in [0, 0.1) is 0 Å². The average molecular weight is 213 g/mol. The van der Waals surface area contributed by atoms with Gasteiger partial charge in [0.15, 0.2) is 0 Å². The van der Waals surface area contributed by atoms with Gasteiger partial charge in [0.25, 0.3) is 0 Å². The molecule has 2 heterocycles. The number of carbonyl (C=O) groups is 1. The van der Waals surface area contributed by atoms with Crippen LogP contribution in [-0.2, 0) is 4.74 Å². The fourth-order valence-corrected chi connectivity index (χ4v) is 2.04. The number of rotatable bonds is 2. The van der Waals surface area contributed by atoms with Gasteiger partial charge in [-0.25, -0.2) is 4.79 Å². The molecule has 2 fully saturated rings. The van der Waals surface area contributed by atoms with Crippen LogP contribution in [0.4, 0.5) is 4.79 Å². The summed E-state index contributed by atoms with van der Waals surface area (Å²) in [5, 5.41) is 9.17. The number of hydrogen-bond acceptors (Lipinski definition) is 3. The molecule has 0 aromatic carbocycles. The molecule has 2 aliphatic rings. The van der Waals surface area contributed by atoms with E-state index in [0.717, 1.165) is 39.0 Å². The first-order chi connectivity index (χ1) is 7.34. The summed E-state index contributed by atoms with van der Waals surface area (Å²) in [4.78, 5) is 11.6. The fraction of sp³-hybridized carbons (Fsp3) is 0.900. The lowest BCUT2D eigenvalue weighted by molar-refractivity contribution is 0.188. The Bertz CT molecular complexity index is 211. The number of ether oxygens (including phenoxy) is 1. The van der Waals surface area contributed by atoms with Gasteiger partial charge < -0.3 is 20.7 Å². The normalized spacial score (nSPS) is 31.2. The van der Waals surface area contributed by atoms with Gasteiger partial charge in [0.2, 0.25) is 0 Å². The van der Waals surface area contributed by atoms with E-state index < -0.39 is 0 Å². The number of carbonyl (C=O) groups excluding carboxylic acids is 1. The molecule has 2 saturated heterocycles. The molecule has 2 amide bonds. The number of piperidine rings is 1. The topological polar surface area (TPSA) is 62.4 Å². The first-order valence-electron chi connectivity index (χ1n) is 5.70. The molecule has 0 saturated carbocycles. The van der Waals surface area contributed by atoms with Gasteiger partial charge in [-0.2, -0.15) is 0 Å². The third-order valence-electron chi connectivity index (χ3n) is 2.90. The van der Waals surface area contributed by atoms with Crippen molar-refractivity contribution in [2.75, 3.05) is 26.3 Å². The number of nitrogens with one attached hydrogen (secondary N) is 3. The second-order valence-electron chi connectivity index (χ2n) is 4.22. The van der Waals surface area contributed by atoms with Gasteiger partial charge in [-0.15, -0.1) is 0 Å².